The van der Waals surface area contributed by atoms with Crippen LogP contribution in [0.2, 0.25) is 0 Å². The molecule has 1 aromatic heterocycles. The third kappa shape index (κ3) is 4.30. The Balaban J connectivity index is 1.76. The maximum absolute atomic E-state index is 13.3. The van der Waals surface area contributed by atoms with Crippen molar-refractivity contribution >= 4 is 17.5 Å². The van der Waals surface area contributed by atoms with E-state index in [2.05, 4.69) is 16.7 Å². The average Bonchev–Trinajstić information content (AvgIpc) is 3.24. The molecule has 160 valence electrons. The molecule has 0 radical (unpaired) electrons. The molecule has 0 atom stereocenters. The second kappa shape index (κ2) is 8.89. The number of carbonyl (C=O) groups excluding carboxylic acids is 2. The molecular formula is C26H24N4O2. The summed E-state index contributed by atoms with van der Waals surface area (Å²) in [6, 6.07) is 22.6. The molecule has 0 saturated heterocycles. The van der Waals surface area contributed by atoms with E-state index in [4.69, 9.17) is 5.10 Å². The van der Waals surface area contributed by atoms with Gasteiger partial charge >= 0.3 is 0 Å². The van der Waals surface area contributed by atoms with E-state index in [1.54, 1.807) is 42.2 Å². The van der Waals surface area contributed by atoms with E-state index in [1.807, 2.05) is 56.3 Å². The van der Waals surface area contributed by atoms with Crippen LogP contribution in [0.4, 0.5) is 5.69 Å². The van der Waals surface area contributed by atoms with Crippen LogP contribution in [0.25, 0.3) is 16.9 Å². The third-order valence-corrected chi connectivity index (χ3v) is 5.23. The van der Waals surface area contributed by atoms with Gasteiger partial charge in [-0.15, -0.1) is 0 Å². The van der Waals surface area contributed by atoms with Gasteiger partial charge in [-0.2, -0.15) is 5.10 Å². The molecule has 6 heteroatoms. The van der Waals surface area contributed by atoms with Gasteiger partial charge in [0.25, 0.3) is 11.8 Å². The molecule has 6 nitrogen and oxygen atoms in total. The molecule has 32 heavy (non-hydrogen) atoms. The molecule has 0 unspecified atom stereocenters. The smallest absolute Gasteiger partial charge is 0.259 e. The lowest BCUT2D eigenvalue weighted by molar-refractivity contribution is 0.0961. The number of hydrogen-bond acceptors (Lipinski definition) is 3. The molecule has 0 fully saturated rings. The topological polar surface area (TPSA) is 76.0 Å². The van der Waals surface area contributed by atoms with Gasteiger partial charge in [-0.25, -0.2) is 4.68 Å². The number of hydrogen-bond donors (Lipinski definition) is 2. The number of rotatable bonds is 5. The van der Waals surface area contributed by atoms with Crippen LogP contribution in [-0.2, 0) is 0 Å². The monoisotopic (exact) mass is 424 g/mol. The van der Waals surface area contributed by atoms with E-state index >= 15 is 0 Å². The van der Waals surface area contributed by atoms with Gasteiger partial charge in [0.15, 0.2) is 0 Å². The molecule has 4 rings (SSSR count). The van der Waals surface area contributed by atoms with Crippen molar-refractivity contribution in [2.75, 3.05) is 12.4 Å². The first-order chi connectivity index (χ1) is 15.5. The molecule has 3 aromatic carbocycles. The lowest BCUT2D eigenvalue weighted by Gasteiger charge is -2.09. The fourth-order valence-corrected chi connectivity index (χ4v) is 3.61. The number of anilines is 1. The van der Waals surface area contributed by atoms with E-state index < -0.39 is 0 Å². The van der Waals surface area contributed by atoms with Crippen LogP contribution in [0.1, 0.15) is 31.8 Å². The minimum absolute atomic E-state index is 0.214. The van der Waals surface area contributed by atoms with Crippen molar-refractivity contribution in [3.8, 4) is 16.9 Å². The lowest BCUT2D eigenvalue weighted by atomic mass is 10.0. The number of benzene rings is 3. The van der Waals surface area contributed by atoms with Gasteiger partial charge in [0.1, 0.15) is 5.69 Å². The van der Waals surface area contributed by atoms with Gasteiger partial charge in [0.2, 0.25) is 0 Å². The molecule has 4 aromatic rings. The van der Waals surface area contributed by atoms with Crippen LogP contribution in [0.15, 0.2) is 79.0 Å². The van der Waals surface area contributed by atoms with Crippen molar-refractivity contribution in [3.63, 3.8) is 0 Å². The first kappa shape index (κ1) is 21.1. The zero-order chi connectivity index (χ0) is 22.7. The molecule has 0 spiro atoms. The molecule has 0 bridgehead atoms. The minimum atomic E-state index is -0.295. The maximum atomic E-state index is 13.3. The van der Waals surface area contributed by atoms with Crippen molar-refractivity contribution in [2.24, 2.45) is 0 Å². The molecule has 1 heterocycles. The first-order valence-corrected chi connectivity index (χ1v) is 10.3. The molecular weight excluding hydrogens is 400 g/mol. The van der Waals surface area contributed by atoms with Gasteiger partial charge < -0.3 is 10.6 Å². The Morgan fingerprint density at radius 2 is 1.66 bits per heavy atom. The zero-order valence-electron chi connectivity index (χ0n) is 18.2. The standard InChI is InChI=1S/C26H24N4O2/c1-17-12-13-22(18(2)14-17)24-23(16-30(29-24)21-10-5-4-6-11-21)26(32)28-20-9-7-8-19(15-20)25(31)27-3/h4-16H,1-3H3,(H,27,31)(H,28,32). The van der Waals surface area contributed by atoms with Crippen molar-refractivity contribution in [1.29, 1.82) is 0 Å². The Bertz CT molecular complexity index is 1290. The predicted octanol–water partition coefficient (Wildman–Crippen LogP) is 4.77. The van der Waals surface area contributed by atoms with Crippen LogP contribution in [0.5, 0.6) is 0 Å². The van der Waals surface area contributed by atoms with E-state index in [1.165, 1.54) is 0 Å². The maximum Gasteiger partial charge on any atom is 0.259 e. The Labute approximate surface area is 186 Å². The average molecular weight is 425 g/mol. The summed E-state index contributed by atoms with van der Waals surface area (Å²) in [7, 11) is 1.57. The van der Waals surface area contributed by atoms with E-state index in [0.29, 0.717) is 22.5 Å². The van der Waals surface area contributed by atoms with Crippen molar-refractivity contribution < 1.29 is 9.59 Å². The van der Waals surface area contributed by atoms with Gasteiger partial charge in [0.05, 0.1) is 11.3 Å². The number of carbonyl (C=O) groups is 2. The van der Waals surface area contributed by atoms with E-state index in [-0.39, 0.29) is 11.8 Å². The highest BCUT2D eigenvalue weighted by atomic mass is 16.2. The molecule has 0 aliphatic rings. The third-order valence-electron chi connectivity index (χ3n) is 5.23. The molecule has 0 aliphatic carbocycles. The first-order valence-electron chi connectivity index (χ1n) is 10.3. The fraction of sp³-hybridized carbons (Fsp3) is 0.115. The quantitative estimate of drug-likeness (QED) is 0.485. The van der Waals surface area contributed by atoms with E-state index in [0.717, 1.165) is 22.4 Å². The number of para-hydroxylation sites is 1. The van der Waals surface area contributed by atoms with Crippen molar-refractivity contribution in [1.82, 2.24) is 15.1 Å². The molecule has 2 N–H and O–H groups in total. The Morgan fingerprint density at radius 1 is 0.875 bits per heavy atom. The zero-order valence-corrected chi connectivity index (χ0v) is 18.2. The van der Waals surface area contributed by atoms with Crippen molar-refractivity contribution in [2.45, 2.75) is 13.8 Å². The number of aryl methyl sites for hydroxylation is 2. The van der Waals surface area contributed by atoms with Crippen LogP contribution in [0.3, 0.4) is 0 Å². The number of nitrogens with zero attached hydrogens (tertiary/aromatic N) is 2. The number of amides is 2. The number of nitrogens with one attached hydrogen (secondary N) is 2. The summed E-state index contributed by atoms with van der Waals surface area (Å²) >= 11 is 0. The molecule has 2 amide bonds. The highest BCUT2D eigenvalue weighted by Crippen LogP contribution is 2.28. The summed E-state index contributed by atoms with van der Waals surface area (Å²) < 4.78 is 1.71. The highest BCUT2D eigenvalue weighted by molar-refractivity contribution is 6.08. The second-order valence-corrected chi connectivity index (χ2v) is 7.60. The summed E-state index contributed by atoms with van der Waals surface area (Å²) in [5.41, 5.74) is 6.01. The van der Waals surface area contributed by atoms with Crippen LogP contribution < -0.4 is 10.6 Å². The Morgan fingerprint density at radius 3 is 2.38 bits per heavy atom. The van der Waals surface area contributed by atoms with Gasteiger partial charge in [-0.05, 0) is 49.7 Å². The summed E-state index contributed by atoms with van der Waals surface area (Å²) in [5.74, 6) is -0.509. The van der Waals surface area contributed by atoms with E-state index in [9.17, 15) is 9.59 Å². The fourth-order valence-electron chi connectivity index (χ4n) is 3.61. The number of aromatic nitrogens is 2. The SMILES string of the molecule is CNC(=O)c1cccc(NC(=O)c2cn(-c3ccccc3)nc2-c2ccc(C)cc2C)c1. The lowest BCUT2D eigenvalue weighted by Crippen LogP contribution is -2.18. The summed E-state index contributed by atoms with van der Waals surface area (Å²) in [4.78, 5) is 25.3. The molecule has 0 saturated carbocycles. The largest absolute Gasteiger partial charge is 0.355 e. The molecule has 0 aliphatic heterocycles. The Hall–Kier alpha value is -4.19. The van der Waals surface area contributed by atoms with Crippen LogP contribution >= 0.6 is 0 Å². The normalized spacial score (nSPS) is 10.6. The second-order valence-electron chi connectivity index (χ2n) is 7.60. The van der Waals surface area contributed by atoms with Crippen LogP contribution in [0, 0.1) is 13.8 Å². The summed E-state index contributed by atoms with van der Waals surface area (Å²) in [6.45, 7) is 4.05. The van der Waals surface area contributed by atoms with Crippen molar-refractivity contribution in [3.05, 3.63) is 101 Å². The van der Waals surface area contributed by atoms with Gasteiger partial charge in [0, 0.05) is 30.1 Å². The predicted molar refractivity (Wildman–Crippen MR) is 126 cm³/mol. The van der Waals surface area contributed by atoms with Gasteiger partial charge in [-0.1, -0.05) is 48.0 Å². The summed E-state index contributed by atoms with van der Waals surface area (Å²) in [5, 5.41) is 10.3. The van der Waals surface area contributed by atoms with Crippen LogP contribution in [-0.4, -0.2) is 28.6 Å². The Kier molecular flexibility index (Phi) is 5.85. The minimum Gasteiger partial charge on any atom is -0.355 e. The summed E-state index contributed by atoms with van der Waals surface area (Å²) in [6.07, 6.45) is 1.74. The van der Waals surface area contributed by atoms with Gasteiger partial charge in [-0.3, -0.25) is 9.59 Å². The highest BCUT2D eigenvalue weighted by Gasteiger charge is 2.20.